The van der Waals surface area contributed by atoms with Crippen molar-refractivity contribution in [3.05, 3.63) is 48.0 Å². The maximum Gasteiger partial charge on any atom is 0.288 e. The van der Waals surface area contributed by atoms with E-state index in [1.165, 1.54) is 0 Å². The number of thioether (sulfide) groups is 1. The minimum atomic E-state index is -2.46. The quantitative estimate of drug-likeness (QED) is 0.575. The fraction of sp³-hybridized carbons (Fsp3) is 0.381. The summed E-state index contributed by atoms with van der Waals surface area (Å²) in [5.74, 6) is -1.22. The summed E-state index contributed by atoms with van der Waals surface area (Å²) in [7, 11) is 5.17. The zero-order chi connectivity index (χ0) is 21.4. The Balaban J connectivity index is 1.88. The molecule has 0 spiro atoms. The molecule has 1 unspecified atom stereocenters. The van der Waals surface area contributed by atoms with Crippen LogP contribution >= 0.6 is 11.8 Å². The Labute approximate surface area is 174 Å². The molecule has 0 aliphatic carbocycles. The molecule has 0 aliphatic heterocycles. The molecule has 2 atom stereocenters. The molecule has 8 heteroatoms. The number of quaternary nitrogens is 1. The Hall–Kier alpha value is -2.32. The summed E-state index contributed by atoms with van der Waals surface area (Å²) in [6.45, 7) is 2.62. The first kappa shape index (κ1) is 23.0. The van der Waals surface area contributed by atoms with E-state index in [2.05, 4.69) is 5.32 Å². The van der Waals surface area contributed by atoms with Gasteiger partial charge in [0.25, 0.3) is 11.7 Å². The number of carbonyl (C=O) groups is 1. The number of rotatable bonds is 10. The summed E-state index contributed by atoms with van der Waals surface area (Å²) < 4.78 is 35.3. The first-order chi connectivity index (χ1) is 13.8. The van der Waals surface area contributed by atoms with E-state index < -0.39 is 5.76 Å². The summed E-state index contributed by atoms with van der Waals surface area (Å²) in [6.07, 6.45) is 0.781. The lowest BCUT2D eigenvalue weighted by atomic mass is 10.1. The number of halogens is 2. The van der Waals surface area contributed by atoms with Crippen LogP contribution < -0.4 is 19.7 Å². The highest BCUT2D eigenvalue weighted by Gasteiger charge is 2.22. The lowest BCUT2D eigenvalue weighted by Gasteiger charge is -2.21. The van der Waals surface area contributed by atoms with Gasteiger partial charge in [-0.3, -0.25) is 4.79 Å². The number of ether oxygens (including phenoxy) is 2. The molecule has 2 rings (SSSR count). The van der Waals surface area contributed by atoms with Gasteiger partial charge in [0.2, 0.25) is 0 Å². The number of likely N-dealkylation sites (N-methyl/N-ethyl adjacent to an activating group) is 1. The van der Waals surface area contributed by atoms with Gasteiger partial charge in [-0.2, -0.15) is 8.78 Å². The average Bonchev–Trinajstić information content (AvgIpc) is 2.72. The van der Waals surface area contributed by atoms with Crippen LogP contribution in [0.15, 0.2) is 47.4 Å². The van der Waals surface area contributed by atoms with Crippen LogP contribution in [0.5, 0.6) is 11.5 Å². The zero-order valence-electron chi connectivity index (χ0n) is 17.0. The number of nitrogens with one attached hydrogen (secondary N) is 2. The highest BCUT2D eigenvalue weighted by atomic mass is 32.2. The molecule has 0 aromatic heterocycles. The third-order valence-corrected chi connectivity index (χ3v) is 5.46. The summed E-state index contributed by atoms with van der Waals surface area (Å²) in [5, 5.41) is 2.84. The maximum absolute atomic E-state index is 12.5. The number of methoxy groups -OCH3 is 2. The Morgan fingerprint density at radius 2 is 1.76 bits per heavy atom. The van der Waals surface area contributed by atoms with Crippen molar-refractivity contribution < 1.29 is 27.9 Å². The van der Waals surface area contributed by atoms with E-state index in [9.17, 15) is 13.6 Å². The van der Waals surface area contributed by atoms with Crippen molar-refractivity contribution in [1.29, 1.82) is 0 Å². The van der Waals surface area contributed by atoms with Gasteiger partial charge in [-0.25, -0.2) is 0 Å². The van der Waals surface area contributed by atoms with Crippen LogP contribution in [0.1, 0.15) is 12.5 Å². The molecule has 2 aromatic carbocycles. The van der Waals surface area contributed by atoms with Crippen LogP contribution in [0.4, 0.5) is 14.5 Å². The summed E-state index contributed by atoms with van der Waals surface area (Å²) in [5.41, 5.74) is 1.69. The second-order valence-electron chi connectivity index (χ2n) is 6.65. The molecule has 158 valence electrons. The number of amides is 1. The van der Waals surface area contributed by atoms with Crippen molar-refractivity contribution >= 4 is 23.4 Å². The highest BCUT2D eigenvalue weighted by molar-refractivity contribution is 7.99. The number of carbonyl (C=O) groups excluding carboxylic acids is 1. The molecule has 1 amide bonds. The monoisotopic (exact) mass is 425 g/mol. The first-order valence-corrected chi connectivity index (χ1v) is 10.1. The SMILES string of the molecule is COc1ccc(CC[NH+](C)[C@@H](C)C(=O)Nc2ccc(SC(F)F)cc2)cc1OC. The molecule has 2 aromatic rings. The van der Waals surface area contributed by atoms with Crippen LogP contribution in [0, 0.1) is 0 Å². The molecule has 0 heterocycles. The Kier molecular flexibility index (Phi) is 8.72. The van der Waals surface area contributed by atoms with Gasteiger partial charge in [-0.15, -0.1) is 0 Å². The van der Waals surface area contributed by atoms with Crippen molar-refractivity contribution in [3.63, 3.8) is 0 Å². The van der Waals surface area contributed by atoms with Gasteiger partial charge < -0.3 is 19.7 Å². The third kappa shape index (κ3) is 6.90. The topological polar surface area (TPSA) is 52.0 Å². The highest BCUT2D eigenvalue weighted by Crippen LogP contribution is 2.27. The van der Waals surface area contributed by atoms with E-state index in [0.717, 1.165) is 23.4 Å². The van der Waals surface area contributed by atoms with Crippen molar-refractivity contribution in [3.8, 4) is 11.5 Å². The zero-order valence-corrected chi connectivity index (χ0v) is 17.8. The maximum atomic E-state index is 12.5. The Morgan fingerprint density at radius 1 is 1.10 bits per heavy atom. The smallest absolute Gasteiger partial charge is 0.288 e. The van der Waals surface area contributed by atoms with E-state index in [1.807, 2.05) is 32.2 Å². The molecular formula is C21H27F2N2O3S+. The third-order valence-electron chi connectivity index (χ3n) is 4.74. The van der Waals surface area contributed by atoms with Gasteiger partial charge in [0, 0.05) is 17.0 Å². The largest absolute Gasteiger partial charge is 0.493 e. The predicted molar refractivity (Wildman–Crippen MR) is 111 cm³/mol. The minimum absolute atomic E-state index is 0.121. The van der Waals surface area contributed by atoms with Crippen LogP contribution in [-0.4, -0.2) is 45.5 Å². The van der Waals surface area contributed by atoms with Gasteiger partial charge in [0.15, 0.2) is 17.5 Å². The van der Waals surface area contributed by atoms with Gasteiger partial charge >= 0.3 is 0 Å². The number of anilines is 1. The molecule has 0 saturated heterocycles. The predicted octanol–water partition coefficient (Wildman–Crippen LogP) is 3.10. The molecule has 0 fully saturated rings. The van der Waals surface area contributed by atoms with Gasteiger partial charge in [0.05, 0.1) is 27.8 Å². The van der Waals surface area contributed by atoms with Gasteiger partial charge in [0.1, 0.15) is 0 Å². The van der Waals surface area contributed by atoms with Gasteiger partial charge in [-0.1, -0.05) is 17.8 Å². The molecule has 2 N–H and O–H groups in total. The summed E-state index contributed by atoms with van der Waals surface area (Å²) in [4.78, 5) is 14.0. The van der Waals surface area contributed by atoms with Crippen LogP contribution in [-0.2, 0) is 11.2 Å². The fourth-order valence-corrected chi connectivity index (χ4v) is 3.29. The van der Waals surface area contributed by atoms with Crippen molar-refractivity contribution in [2.75, 3.05) is 33.1 Å². The summed E-state index contributed by atoms with van der Waals surface area (Å²) >= 11 is 0.480. The lowest BCUT2D eigenvalue weighted by molar-refractivity contribution is -0.893. The lowest BCUT2D eigenvalue weighted by Crippen LogP contribution is -3.14. The van der Waals surface area contributed by atoms with E-state index in [-0.39, 0.29) is 11.9 Å². The molecule has 29 heavy (non-hydrogen) atoms. The second-order valence-corrected chi connectivity index (χ2v) is 7.71. The molecular weight excluding hydrogens is 398 g/mol. The molecule has 0 bridgehead atoms. The first-order valence-electron chi connectivity index (χ1n) is 9.23. The van der Waals surface area contributed by atoms with Crippen molar-refractivity contribution in [1.82, 2.24) is 0 Å². The van der Waals surface area contributed by atoms with Crippen LogP contribution in [0.2, 0.25) is 0 Å². The van der Waals surface area contributed by atoms with Crippen molar-refractivity contribution in [2.24, 2.45) is 0 Å². The number of hydrogen-bond acceptors (Lipinski definition) is 4. The summed E-state index contributed by atoms with van der Waals surface area (Å²) in [6, 6.07) is 11.9. The Bertz CT molecular complexity index is 803. The van der Waals surface area contributed by atoms with E-state index in [1.54, 1.807) is 38.5 Å². The molecule has 0 aliphatic rings. The minimum Gasteiger partial charge on any atom is -0.493 e. The normalized spacial score (nSPS) is 13.1. The van der Waals surface area contributed by atoms with Crippen LogP contribution in [0.3, 0.4) is 0 Å². The average molecular weight is 426 g/mol. The Morgan fingerprint density at radius 3 is 2.34 bits per heavy atom. The molecule has 0 saturated carbocycles. The molecule has 0 radical (unpaired) electrons. The van der Waals surface area contributed by atoms with Crippen molar-refractivity contribution in [2.45, 2.75) is 30.0 Å². The fourth-order valence-electron chi connectivity index (χ4n) is 2.79. The van der Waals surface area contributed by atoms with E-state index in [0.29, 0.717) is 33.8 Å². The molecule has 5 nitrogen and oxygen atoms in total. The van der Waals surface area contributed by atoms with Crippen LogP contribution in [0.25, 0.3) is 0 Å². The van der Waals surface area contributed by atoms with E-state index >= 15 is 0 Å². The number of alkyl halides is 2. The van der Waals surface area contributed by atoms with E-state index in [4.69, 9.17) is 9.47 Å². The number of hydrogen-bond donors (Lipinski definition) is 2. The number of benzene rings is 2. The second kappa shape index (κ2) is 11.0. The standard InChI is InChI=1S/C21H26F2N2O3S/c1-14(20(26)24-16-6-8-17(9-7-16)29-21(22)23)25(2)12-11-15-5-10-18(27-3)19(13-15)28-4/h5-10,13-14,21H,11-12H2,1-4H3,(H,24,26)/p+1/t14-/m0/s1. The van der Waals surface area contributed by atoms with Gasteiger partial charge in [-0.05, 0) is 48.9 Å².